The largest absolute Gasteiger partial charge is 0.372 e. The molecule has 0 radical (unpaired) electrons. The highest BCUT2D eigenvalue weighted by Gasteiger charge is 2.32. The Morgan fingerprint density at radius 1 is 1.16 bits per heavy atom. The first-order valence-corrected chi connectivity index (χ1v) is 10.5. The number of nitrogens with zero attached hydrogens (tertiary/aromatic N) is 2. The summed E-state index contributed by atoms with van der Waals surface area (Å²) in [6.07, 6.45) is 1.75. The molecule has 164 valence electrons. The van der Waals surface area contributed by atoms with Crippen molar-refractivity contribution in [3.63, 3.8) is 0 Å². The van der Waals surface area contributed by atoms with E-state index >= 15 is 0 Å². The lowest BCUT2D eigenvalue weighted by Gasteiger charge is -2.36. The summed E-state index contributed by atoms with van der Waals surface area (Å²) < 4.78 is 19.6. The predicted octanol–water partition coefficient (Wildman–Crippen LogP) is 1.89. The van der Waals surface area contributed by atoms with E-state index in [4.69, 9.17) is 4.74 Å². The number of nitrogens with one attached hydrogen (secondary N) is 1. The average Bonchev–Trinajstić information content (AvgIpc) is 2.74. The molecule has 0 unspecified atom stereocenters. The summed E-state index contributed by atoms with van der Waals surface area (Å²) in [7, 11) is 0. The Morgan fingerprint density at radius 3 is 2.58 bits per heavy atom. The third-order valence-corrected chi connectivity index (χ3v) is 5.86. The lowest BCUT2D eigenvalue weighted by atomic mass is 9.95. The molecule has 31 heavy (non-hydrogen) atoms. The second-order valence-electron chi connectivity index (χ2n) is 8.30. The number of hydrogen-bond acceptors (Lipinski definition) is 4. The van der Waals surface area contributed by atoms with Crippen molar-refractivity contribution < 1.29 is 18.7 Å². The van der Waals surface area contributed by atoms with Crippen LogP contribution in [-0.2, 0) is 28.9 Å². The molecule has 2 aliphatic rings. The molecular formula is C23H26FN3O4. The topological polar surface area (TPSA) is 82.7 Å². The molecule has 4 rings (SSSR count). The molecular weight excluding hydrogens is 401 g/mol. The molecule has 8 heteroatoms. The molecule has 1 N–H and O–H groups in total. The normalized spacial score (nSPS) is 21.0. The van der Waals surface area contributed by atoms with Gasteiger partial charge in [0.1, 0.15) is 11.4 Å². The van der Waals surface area contributed by atoms with Gasteiger partial charge in [-0.1, -0.05) is 18.2 Å². The molecule has 1 aromatic carbocycles. The first kappa shape index (κ1) is 21.2. The van der Waals surface area contributed by atoms with Crippen LogP contribution in [0.25, 0.3) is 0 Å². The number of rotatable bonds is 3. The molecule has 1 fully saturated rings. The molecule has 0 bridgehead atoms. The molecule has 3 heterocycles. The van der Waals surface area contributed by atoms with Crippen molar-refractivity contribution in [3.05, 3.63) is 68.9 Å². The van der Waals surface area contributed by atoms with Crippen LogP contribution in [0, 0.1) is 5.82 Å². The van der Waals surface area contributed by atoms with Crippen LogP contribution in [0.3, 0.4) is 0 Å². The van der Waals surface area contributed by atoms with E-state index in [1.165, 1.54) is 6.07 Å². The maximum Gasteiger partial charge on any atom is 0.261 e. The SMILES string of the molecule is C[C@@H]1CN(C(=O)c2c3c(c[nH]c2=O)CN(C(=O)Cc2ccccc2F)CC3)C[C@H](C)O1. The fourth-order valence-corrected chi connectivity index (χ4v) is 4.43. The summed E-state index contributed by atoms with van der Waals surface area (Å²) in [5.41, 5.74) is 1.52. The molecule has 1 saturated heterocycles. The van der Waals surface area contributed by atoms with Gasteiger partial charge in [0.15, 0.2) is 0 Å². The van der Waals surface area contributed by atoms with Gasteiger partial charge in [-0.05, 0) is 43.0 Å². The lowest BCUT2D eigenvalue weighted by Crippen LogP contribution is -2.50. The Balaban J connectivity index is 1.55. The van der Waals surface area contributed by atoms with Gasteiger partial charge >= 0.3 is 0 Å². The van der Waals surface area contributed by atoms with E-state index in [9.17, 15) is 18.8 Å². The number of pyridine rings is 1. The number of hydrogen-bond donors (Lipinski definition) is 1. The monoisotopic (exact) mass is 427 g/mol. The number of morpholine rings is 1. The number of aromatic nitrogens is 1. The van der Waals surface area contributed by atoms with Crippen molar-refractivity contribution in [1.29, 1.82) is 0 Å². The smallest absolute Gasteiger partial charge is 0.261 e. The van der Waals surface area contributed by atoms with E-state index in [-0.39, 0.29) is 42.6 Å². The third kappa shape index (κ3) is 4.39. The van der Waals surface area contributed by atoms with Crippen LogP contribution in [-0.4, -0.2) is 58.4 Å². The van der Waals surface area contributed by atoms with Gasteiger partial charge in [-0.15, -0.1) is 0 Å². The van der Waals surface area contributed by atoms with Crippen LogP contribution in [0.1, 0.15) is 40.9 Å². The summed E-state index contributed by atoms with van der Waals surface area (Å²) >= 11 is 0. The van der Waals surface area contributed by atoms with Gasteiger partial charge in [0, 0.05) is 32.4 Å². The molecule has 2 aromatic rings. The zero-order chi connectivity index (χ0) is 22.1. The van der Waals surface area contributed by atoms with E-state index in [1.54, 1.807) is 34.2 Å². The minimum atomic E-state index is -0.415. The lowest BCUT2D eigenvalue weighted by molar-refractivity contribution is -0.131. The quantitative estimate of drug-likeness (QED) is 0.811. The fraction of sp³-hybridized carbons (Fsp3) is 0.435. The van der Waals surface area contributed by atoms with Crippen LogP contribution in [0.5, 0.6) is 0 Å². The van der Waals surface area contributed by atoms with Crippen molar-refractivity contribution >= 4 is 11.8 Å². The van der Waals surface area contributed by atoms with Crippen LogP contribution in [0.15, 0.2) is 35.3 Å². The summed E-state index contributed by atoms with van der Waals surface area (Å²) in [4.78, 5) is 44.5. The van der Waals surface area contributed by atoms with Gasteiger partial charge in [-0.3, -0.25) is 14.4 Å². The zero-order valence-corrected chi connectivity index (χ0v) is 17.7. The first-order chi connectivity index (χ1) is 14.8. The Hall–Kier alpha value is -3.00. The highest BCUT2D eigenvalue weighted by molar-refractivity contribution is 5.96. The van der Waals surface area contributed by atoms with Gasteiger partial charge in [0.2, 0.25) is 5.91 Å². The van der Waals surface area contributed by atoms with E-state index in [0.29, 0.717) is 37.2 Å². The molecule has 7 nitrogen and oxygen atoms in total. The maximum atomic E-state index is 13.9. The Kier molecular flexibility index (Phi) is 5.91. The molecule has 0 saturated carbocycles. The van der Waals surface area contributed by atoms with Gasteiger partial charge in [-0.25, -0.2) is 4.39 Å². The summed E-state index contributed by atoms with van der Waals surface area (Å²) in [6, 6.07) is 6.23. The van der Waals surface area contributed by atoms with Crippen molar-refractivity contribution in [3.8, 4) is 0 Å². The second kappa shape index (κ2) is 8.63. The highest BCUT2D eigenvalue weighted by Crippen LogP contribution is 2.23. The molecule has 0 aliphatic carbocycles. The Bertz CT molecular complexity index is 1060. The van der Waals surface area contributed by atoms with E-state index in [2.05, 4.69) is 4.98 Å². The van der Waals surface area contributed by atoms with Crippen molar-refractivity contribution in [2.45, 2.75) is 45.4 Å². The summed E-state index contributed by atoms with van der Waals surface area (Å²) in [5, 5.41) is 0. The van der Waals surface area contributed by atoms with Crippen molar-refractivity contribution in [2.24, 2.45) is 0 Å². The van der Waals surface area contributed by atoms with Gasteiger partial charge in [-0.2, -0.15) is 0 Å². The van der Waals surface area contributed by atoms with E-state index in [0.717, 1.165) is 5.56 Å². The number of ether oxygens (including phenoxy) is 1. The number of halogens is 1. The first-order valence-electron chi connectivity index (χ1n) is 10.5. The number of aromatic amines is 1. The Labute approximate surface area is 179 Å². The maximum absolute atomic E-state index is 13.9. The molecule has 0 spiro atoms. The number of fused-ring (bicyclic) bond motifs is 1. The number of amides is 2. The zero-order valence-electron chi connectivity index (χ0n) is 17.7. The predicted molar refractivity (Wildman–Crippen MR) is 112 cm³/mol. The fourth-order valence-electron chi connectivity index (χ4n) is 4.43. The average molecular weight is 427 g/mol. The van der Waals surface area contributed by atoms with Crippen LogP contribution < -0.4 is 5.56 Å². The van der Waals surface area contributed by atoms with Crippen molar-refractivity contribution in [1.82, 2.24) is 14.8 Å². The molecule has 2 atom stereocenters. The van der Waals surface area contributed by atoms with Crippen LogP contribution in [0.2, 0.25) is 0 Å². The molecule has 2 amide bonds. The van der Waals surface area contributed by atoms with E-state index < -0.39 is 11.4 Å². The number of benzene rings is 1. The minimum absolute atomic E-state index is 0.0271. The summed E-state index contributed by atoms with van der Waals surface area (Å²) in [6.45, 7) is 5.31. The van der Waals surface area contributed by atoms with Gasteiger partial charge in [0.25, 0.3) is 11.5 Å². The van der Waals surface area contributed by atoms with E-state index in [1.807, 2.05) is 13.8 Å². The third-order valence-electron chi connectivity index (χ3n) is 5.86. The minimum Gasteiger partial charge on any atom is -0.372 e. The molecule has 2 aliphatic heterocycles. The standard InChI is InChI=1S/C23H26FN3O4/c1-14-11-27(12-15(2)31-14)23(30)21-18-7-8-26(13-17(18)10-25-22(21)29)20(28)9-16-5-3-4-6-19(16)24/h3-6,10,14-15H,7-9,11-13H2,1-2H3,(H,25,29)/t14-,15+. The number of carbonyl (C=O) groups is 2. The highest BCUT2D eigenvalue weighted by atomic mass is 19.1. The van der Waals surface area contributed by atoms with Crippen LogP contribution >= 0.6 is 0 Å². The van der Waals surface area contributed by atoms with Crippen LogP contribution in [0.4, 0.5) is 4.39 Å². The number of carbonyl (C=O) groups excluding carboxylic acids is 2. The van der Waals surface area contributed by atoms with Gasteiger partial charge < -0.3 is 19.5 Å². The number of H-pyrrole nitrogens is 1. The summed E-state index contributed by atoms with van der Waals surface area (Å²) in [5.74, 6) is -0.892. The van der Waals surface area contributed by atoms with Crippen molar-refractivity contribution in [2.75, 3.05) is 19.6 Å². The molecule has 1 aromatic heterocycles. The van der Waals surface area contributed by atoms with Gasteiger partial charge in [0.05, 0.1) is 18.6 Å². The second-order valence-corrected chi connectivity index (χ2v) is 8.30. The Morgan fingerprint density at radius 2 is 1.87 bits per heavy atom.